The SMILES string of the molecule is COCCN(CCO)Cc1ccccc1CC(=O)O. The predicted molar refractivity (Wildman–Crippen MR) is 72.0 cm³/mol. The highest BCUT2D eigenvalue weighted by atomic mass is 16.5. The first-order valence-electron chi connectivity index (χ1n) is 6.28. The van der Waals surface area contributed by atoms with Gasteiger partial charge in [-0.2, -0.15) is 0 Å². The maximum absolute atomic E-state index is 10.8. The summed E-state index contributed by atoms with van der Waals surface area (Å²) in [4.78, 5) is 12.9. The van der Waals surface area contributed by atoms with E-state index in [0.29, 0.717) is 26.2 Å². The summed E-state index contributed by atoms with van der Waals surface area (Å²) in [6.07, 6.45) is 0.0212. The molecule has 0 saturated carbocycles. The molecule has 0 aromatic heterocycles. The van der Waals surface area contributed by atoms with E-state index in [4.69, 9.17) is 14.9 Å². The molecular weight excluding hydrogens is 246 g/mol. The van der Waals surface area contributed by atoms with Crippen LogP contribution in [-0.2, 0) is 22.5 Å². The van der Waals surface area contributed by atoms with Crippen molar-refractivity contribution in [2.24, 2.45) is 0 Å². The lowest BCUT2D eigenvalue weighted by Gasteiger charge is -2.22. The van der Waals surface area contributed by atoms with Crippen molar-refractivity contribution in [2.45, 2.75) is 13.0 Å². The molecule has 0 atom stereocenters. The summed E-state index contributed by atoms with van der Waals surface area (Å²) in [6.45, 7) is 2.53. The van der Waals surface area contributed by atoms with Crippen molar-refractivity contribution in [1.82, 2.24) is 4.90 Å². The lowest BCUT2D eigenvalue weighted by molar-refractivity contribution is -0.136. The Bertz CT molecular complexity index is 395. The highest BCUT2D eigenvalue weighted by Gasteiger charge is 2.10. The van der Waals surface area contributed by atoms with Crippen LogP contribution in [-0.4, -0.2) is 54.5 Å². The number of rotatable bonds is 9. The molecule has 0 saturated heterocycles. The van der Waals surface area contributed by atoms with E-state index in [1.165, 1.54) is 0 Å². The number of hydrogen-bond acceptors (Lipinski definition) is 4. The van der Waals surface area contributed by atoms with E-state index in [9.17, 15) is 4.79 Å². The van der Waals surface area contributed by atoms with E-state index in [-0.39, 0.29) is 13.0 Å². The number of nitrogens with zero attached hydrogens (tertiary/aromatic N) is 1. The van der Waals surface area contributed by atoms with Crippen molar-refractivity contribution < 1.29 is 19.7 Å². The third kappa shape index (κ3) is 5.83. The Morgan fingerprint density at radius 1 is 1.26 bits per heavy atom. The van der Waals surface area contributed by atoms with Crippen molar-refractivity contribution >= 4 is 5.97 Å². The molecule has 0 spiro atoms. The Balaban J connectivity index is 2.73. The normalized spacial score (nSPS) is 10.9. The highest BCUT2D eigenvalue weighted by molar-refractivity contribution is 5.70. The number of aliphatic hydroxyl groups is 1. The zero-order chi connectivity index (χ0) is 14.1. The smallest absolute Gasteiger partial charge is 0.307 e. The Morgan fingerprint density at radius 2 is 1.95 bits per heavy atom. The van der Waals surface area contributed by atoms with Gasteiger partial charge in [0.15, 0.2) is 0 Å². The minimum absolute atomic E-state index is 0.0212. The molecule has 0 aliphatic rings. The molecule has 1 rings (SSSR count). The van der Waals surface area contributed by atoms with Gasteiger partial charge < -0.3 is 14.9 Å². The summed E-state index contributed by atoms with van der Waals surface area (Å²) in [6, 6.07) is 7.49. The molecule has 0 amide bonds. The fourth-order valence-electron chi connectivity index (χ4n) is 1.92. The maximum Gasteiger partial charge on any atom is 0.307 e. The summed E-state index contributed by atoms with van der Waals surface area (Å²) in [7, 11) is 1.63. The van der Waals surface area contributed by atoms with E-state index in [0.717, 1.165) is 11.1 Å². The van der Waals surface area contributed by atoms with Gasteiger partial charge >= 0.3 is 5.97 Å². The first-order chi connectivity index (χ1) is 9.17. The van der Waals surface area contributed by atoms with Crippen molar-refractivity contribution in [3.8, 4) is 0 Å². The van der Waals surface area contributed by atoms with E-state index in [2.05, 4.69) is 0 Å². The molecule has 106 valence electrons. The molecule has 5 heteroatoms. The Kier molecular flexibility index (Phi) is 7.10. The molecule has 0 aliphatic heterocycles. The van der Waals surface area contributed by atoms with Crippen LogP contribution < -0.4 is 0 Å². The molecule has 0 heterocycles. The van der Waals surface area contributed by atoms with Crippen LogP contribution in [0.25, 0.3) is 0 Å². The molecule has 0 fully saturated rings. The van der Waals surface area contributed by atoms with Gasteiger partial charge in [0.2, 0.25) is 0 Å². The van der Waals surface area contributed by atoms with Gasteiger partial charge in [-0.15, -0.1) is 0 Å². The van der Waals surface area contributed by atoms with Gasteiger partial charge in [-0.1, -0.05) is 24.3 Å². The summed E-state index contributed by atoms with van der Waals surface area (Å²) < 4.78 is 5.03. The molecule has 1 aromatic carbocycles. The first kappa shape index (κ1) is 15.6. The number of aliphatic hydroxyl groups excluding tert-OH is 1. The van der Waals surface area contributed by atoms with Crippen molar-refractivity contribution in [1.29, 1.82) is 0 Å². The second kappa shape index (κ2) is 8.63. The number of methoxy groups -OCH3 is 1. The number of carboxylic acids is 1. The van der Waals surface area contributed by atoms with Gasteiger partial charge in [-0.3, -0.25) is 9.69 Å². The fourth-order valence-corrected chi connectivity index (χ4v) is 1.92. The lowest BCUT2D eigenvalue weighted by Crippen LogP contribution is -2.30. The number of aliphatic carboxylic acids is 1. The zero-order valence-corrected chi connectivity index (χ0v) is 11.2. The number of carboxylic acid groups (broad SMARTS) is 1. The summed E-state index contributed by atoms with van der Waals surface area (Å²) in [5.74, 6) is -0.835. The molecule has 0 radical (unpaired) electrons. The van der Waals surface area contributed by atoms with Crippen LogP contribution >= 0.6 is 0 Å². The van der Waals surface area contributed by atoms with Gasteiger partial charge in [-0.25, -0.2) is 0 Å². The lowest BCUT2D eigenvalue weighted by atomic mass is 10.0. The number of hydrogen-bond donors (Lipinski definition) is 2. The highest BCUT2D eigenvalue weighted by Crippen LogP contribution is 2.12. The van der Waals surface area contributed by atoms with Gasteiger partial charge in [0.05, 0.1) is 19.6 Å². The summed E-state index contributed by atoms with van der Waals surface area (Å²) in [5.41, 5.74) is 1.80. The molecule has 19 heavy (non-hydrogen) atoms. The predicted octanol–water partition coefficient (Wildman–Crippen LogP) is 0.754. The van der Waals surface area contributed by atoms with Gasteiger partial charge in [0.1, 0.15) is 0 Å². The number of benzene rings is 1. The molecule has 5 nitrogen and oxygen atoms in total. The fraction of sp³-hybridized carbons (Fsp3) is 0.500. The second-order valence-corrected chi connectivity index (χ2v) is 4.33. The van der Waals surface area contributed by atoms with Gasteiger partial charge in [0, 0.05) is 26.7 Å². The third-order valence-electron chi connectivity index (χ3n) is 2.88. The molecule has 1 aromatic rings. The summed E-state index contributed by atoms with van der Waals surface area (Å²) in [5, 5.41) is 17.9. The minimum atomic E-state index is -0.835. The summed E-state index contributed by atoms with van der Waals surface area (Å²) >= 11 is 0. The van der Waals surface area contributed by atoms with Crippen LogP contribution in [0.2, 0.25) is 0 Å². The van der Waals surface area contributed by atoms with E-state index < -0.39 is 5.97 Å². The Labute approximate surface area is 113 Å². The van der Waals surface area contributed by atoms with E-state index in [1.807, 2.05) is 29.2 Å². The first-order valence-corrected chi connectivity index (χ1v) is 6.28. The molecule has 2 N–H and O–H groups in total. The standard InChI is InChI=1S/C14H21NO4/c1-19-9-7-15(6-8-16)11-13-5-3-2-4-12(13)10-14(17)18/h2-5,16H,6-11H2,1H3,(H,17,18). The number of carbonyl (C=O) groups is 1. The molecule has 0 aliphatic carbocycles. The quantitative estimate of drug-likeness (QED) is 0.691. The van der Waals surface area contributed by atoms with Gasteiger partial charge in [-0.05, 0) is 11.1 Å². The van der Waals surface area contributed by atoms with Crippen LogP contribution in [0.15, 0.2) is 24.3 Å². The largest absolute Gasteiger partial charge is 0.481 e. The van der Waals surface area contributed by atoms with Crippen LogP contribution in [0.3, 0.4) is 0 Å². The molecule has 0 unspecified atom stereocenters. The zero-order valence-electron chi connectivity index (χ0n) is 11.2. The number of ether oxygens (including phenoxy) is 1. The Morgan fingerprint density at radius 3 is 2.53 bits per heavy atom. The Hall–Kier alpha value is -1.43. The monoisotopic (exact) mass is 267 g/mol. The third-order valence-corrected chi connectivity index (χ3v) is 2.88. The van der Waals surface area contributed by atoms with E-state index in [1.54, 1.807) is 7.11 Å². The average Bonchev–Trinajstić information content (AvgIpc) is 2.38. The van der Waals surface area contributed by atoms with Crippen molar-refractivity contribution in [2.75, 3.05) is 33.4 Å². The van der Waals surface area contributed by atoms with Crippen LogP contribution in [0.4, 0.5) is 0 Å². The minimum Gasteiger partial charge on any atom is -0.481 e. The molecular formula is C14H21NO4. The van der Waals surface area contributed by atoms with Crippen molar-refractivity contribution in [3.63, 3.8) is 0 Å². The van der Waals surface area contributed by atoms with Crippen molar-refractivity contribution in [3.05, 3.63) is 35.4 Å². The van der Waals surface area contributed by atoms with Crippen LogP contribution in [0.5, 0.6) is 0 Å². The second-order valence-electron chi connectivity index (χ2n) is 4.33. The maximum atomic E-state index is 10.8. The van der Waals surface area contributed by atoms with Gasteiger partial charge in [0.25, 0.3) is 0 Å². The topological polar surface area (TPSA) is 70.0 Å². The van der Waals surface area contributed by atoms with Crippen LogP contribution in [0.1, 0.15) is 11.1 Å². The average molecular weight is 267 g/mol. The van der Waals surface area contributed by atoms with E-state index >= 15 is 0 Å². The van der Waals surface area contributed by atoms with Crippen LogP contribution in [0, 0.1) is 0 Å². The molecule has 0 bridgehead atoms.